The summed E-state index contributed by atoms with van der Waals surface area (Å²) in [5, 5.41) is 3.11. The minimum absolute atomic E-state index is 0.0444. The molecule has 1 amide bonds. The van der Waals surface area contributed by atoms with Gasteiger partial charge in [-0.2, -0.15) is 0 Å². The fraction of sp³-hybridized carbons (Fsp3) is 0.321. The van der Waals surface area contributed by atoms with Crippen molar-refractivity contribution in [3.05, 3.63) is 96.1 Å². The van der Waals surface area contributed by atoms with Gasteiger partial charge in [0.15, 0.2) is 0 Å². The standard InChI is InChI=1S/C28H32N2O3/c1-2-32-26-16-10-9-15-25(26)29-28(31)27(23-13-7-4-8-14-23)30-19-17-24(18-20-30)33-21-22-11-5-3-6-12-22/h3-16,24,27H,2,17-21H2,1H3,(H,29,31). The molecule has 0 bridgehead atoms. The first-order valence-corrected chi connectivity index (χ1v) is 11.7. The maximum atomic E-state index is 13.5. The summed E-state index contributed by atoms with van der Waals surface area (Å²) >= 11 is 0. The second-order valence-electron chi connectivity index (χ2n) is 8.26. The highest BCUT2D eigenvalue weighted by atomic mass is 16.5. The van der Waals surface area contributed by atoms with E-state index in [0.717, 1.165) is 31.5 Å². The summed E-state index contributed by atoms with van der Waals surface area (Å²) in [5.74, 6) is 0.644. The minimum Gasteiger partial charge on any atom is -0.492 e. The van der Waals surface area contributed by atoms with E-state index < -0.39 is 0 Å². The van der Waals surface area contributed by atoms with E-state index in [1.165, 1.54) is 5.56 Å². The molecule has 1 aliphatic heterocycles. The van der Waals surface area contributed by atoms with Crippen LogP contribution < -0.4 is 10.1 Å². The van der Waals surface area contributed by atoms with Crippen LogP contribution in [0.3, 0.4) is 0 Å². The van der Waals surface area contributed by atoms with Crippen molar-refractivity contribution in [2.45, 2.75) is 38.5 Å². The van der Waals surface area contributed by atoms with Crippen molar-refractivity contribution in [1.82, 2.24) is 4.90 Å². The van der Waals surface area contributed by atoms with Crippen molar-refractivity contribution >= 4 is 11.6 Å². The normalized spacial score (nSPS) is 15.7. The van der Waals surface area contributed by atoms with Crippen LogP contribution in [0.15, 0.2) is 84.9 Å². The third-order valence-corrected chi connectivity index (χ3v) is 5.98. The summed E-state index contributed by atoms with van der Waals surface area (Å²) in [6.07, 6.45) is 2.01. The topological polar surface area (TPSA) is 50.8 Å². The van der Waals surface area contributed by atoms with Gasteiger partial charge in [0.05, 0.1) is 25.0 Å². The maximum Gasteiger partial charge on any atom is 0.246 e. The summed E-state index contributed by atoms with van der Waals surface area (Å²) in [5.41, 5.74) is 2.88. The molecule has 3 aromatic rings. The van der Waals surface area contributed by atoms with Gasteiger partial charge in [0, 0.05) is 13.1 Å². The number of anilines is 1. The number of ether oxygens (including phenoxy) is 2. The molecule has 172 valence electrons. The summed E-state index contributed by atoms with van der Waals surface area (Å²) in [4.78, 5) is 15.8. The predicted molar refractivity (Wildman–Crippen MR) is 131 cm³/mol. The Morgan fingerprint density at radius 2 is 1.58 bits per heavy atom. The van der Waals surface area contributed by atoms with Crippen LogP contribution in [0.1, 0.15) is 36.9 Å². The van der Waals surface area contributed by atoms with Crippen LogP contribution in [0.5, 0.6) is 5.75 Å². The molecule has 5 heteroatoms. The molecule has 1 fully saturated rings. The van der Waals surface area contributed by atoms with Gasteiger partial charge in [-0.15, -0.1) is 0 Å². The lowest BCUT2D eigenvalue weighted by atomic mass is 9.99. The Bertz CT molecular complexity index is 1000. The summed E-state index contributed by atoms with van der Waals surface area (Å²) in [7, 11) is 0. The van der Waals surface area contributed by atoms with Crippen LogP contribution in [0.25, 0.3) is 0 Å². The monoisotopic (exact) mass is 444 g/mol. The Labute approximate surface area is 196 Å². The van der Waals surface area contributed by atoms with Crippen LogP contribution >= 0.6 is 0 Å². The molecule has 1 N–H and O–H groups in total. The lowest BCUT2D eigenvalue weighted by molar-refractivity contribution is -0.123. The van der Waals surface area contributed by atoms with Gasteiger partial charge in [0.25, 0.3) is 0 Å². The van der Waals surface area contributed by atoms with Crippen molar-refractivity contribution in [2.75, 3.05) is 25.0 Å². The first kappa shape index (κ1) is 23.0. The number of hydrogen-bond donors (Lipinski definition) is 1. The fourth-order valence-corrected chi connectivity index (χ4v) is 4.30. The predicted octanol–water partition coefficient (Wildman–Crippen LogP) is 5.45. The Morgan fingerprint density at radius 3 is 2.27 bits per heavy atom. The lowest BCUT2D eigenvalue weighted by Crippen LogP contribution is -2.43. The molecule has 1 saturated heterocycles. The van der Waals surface area contributed by atoms with Crippen LogP contribution in [0.2, 0.25) is 0 Å². The van der Waals surface area contributed by atoms with Crippen molar-refractivity contribution < 1.29 is 14.3 Å². The van der Waals surface area contributed by atoms with E-state index in [1.807, 2.05) is 79.7 Å². The van der Waals surface area contributed by atoms with E-state index in [1.54, 1.807) is 0 Å². The number of rotatable bonds is 9. The van der Waals surface area contributed by atoms with E-state index in [-0.39, 0.29) is 18.1 Å². The van der Waals surface area contributed by atoms with Gasteiger partial charge in [-0.1, -0.05) is 72.8 Å². The second-order valence-corrected chi connectivity index (χ2v) is 8.26. The number of para-hydroxylation sites is 2. The van der Waals surface area contributed by atoms with Gasteiger partial charge in [0.2, 0.25) is 5.91 Å². The Hall–Kier alpha value is -3.15. The number of nitrogens with one attached hydrogen (secondary N) is 1. The quantitative estimate of drug-likeness (QED) is 0.477. The average Bonchev–Trinajstić information content (AvgIpc) is 2.86. The van der Waals surface area contributed by atoms with Gasteiger partial charge in [-0.3, -0.25) is 9.69 Å². The van der Waals surface area contributed by atoms with Crippen LogP contribution in [0.4, 0.5) is 5.69 Å². The lowest BCUT2D eigenvalue weighted by Gasteiger charge is -2.37. The first-order valence-electron chi connectivity index (χ1n) is 11.7. The number of carbonyl (C=O) groups excluding carboxylic acids is 1. The zero-order valence-corrected chi connectivity index (χ0v) is 19.2. The number of amides is 1. The SMILES string of the molecule is CCOc1ccccc1NC(=O)C(c1ccccc1)N1CCC(OCc2ccccc2)CC1. The number of benzene rings is 3. The van der Waals surface area contributed by atoms with Gasteiger partial charge < -0.3 is 14.8 Å². The van der Waals surface area contributed by atoms with Crippen molar-refractivity contribution in [3.8, 4) is 5.75 Å². The number of piperidine rings is 1. The molecule has 1 atom stereocenters. The van der Waals surface area contributed by atoms with Crippen LogP contribution in [0, 0.1) is 0 Å². The van der Waals surface area contributed by atoms with Crippen molar-refractivity contribution in [2.24, 2.45) is 0 Å². The Kier molecular flexibility index (Phi) is 8.12. The Morgan fingerprint density at radius 1 is 0.939 bits per heavy atom. The van der Waals surface area contributed by atoms with Gasteiger partial charge in [-0.25, -0.2) is 0 Å². The van der Waals surface area contributed by atoms with E-state index >= 15 is 0 Å². The summed E-state index contributed by atoms with van der Waals surface area (Å²) < 4.78 is 11.9. The number of likely N-dealkylation sites (tertiary alicyclic amines) is 1. The van der Waals surface area contributed by atoms with Crippen molar-refractivity contribution in [3.63, 3.8) is 0 Å². The van der Waals surface area contributed by atoms with E-state index in [4.69, 9.17) is 9.47 Å². The number of hydrogen-bond acceptors (Lipinski definition) is 4. The van der Waals surface area contributed by atoms with Crippen LogP contribution in [-0.4, -0.2) is 36.6 Å². The molecule has 0 radical (unpaired) electrons. The van der Waals surface area contributed by atoms with E-state index in [2.05, 4.69) is 22.3 Å². The highest BCUT2D eigenvalue weighted by Gasteiger charge is 2.31. The Balaban J connectivity index is 1.43. The summed E-state index contributed by atoms with van der Waals surface area (Å²) in [6.45, 7) is 4.72. The average molecular weight is 445 g/mol. The van der Waals surface area contributed by atoms with Crippen molar-refractivity contribution in [1.29, 1.82) is 0 Å². The maximum absolute atomic E-state index is 13.5. The van der Waals surface area contributed by atoms with E-state index in [9.17, 15) is 4.79 Å². The first-order chi connectivity index (χ1) is 16.2. The third-order valence-electron chi connectivity index (χ3n) is 5.98. The highest BCUT2D eigenvalue weighted by Crippen LogP contribution is 2.30. The summed E-state index contributed by atoms with van der Waals surface area (Å²) in [6, 6.07) is 27.5. The molecule has 1 unspecified atom stereocenters. The van der Waals surface area contributed by atoms with Gasteiger partial charge in [-0.05, 0) is 43.0 Å². The molecule has 0 aromatic heterocycles. The highest BCUT2D eigenvalue weighted by molar-refractivity contribution is 5.96. The molecule has 5 nitrogen and oxygen atoms in total. The molecule has 0 saturated carbocycles. The fourth-order valence-electron chi connectivity index (χ4n) is 4.30. The van der Waals surface area contributed by atoms with Gasteiger partial charge in [0.1, 0.15) is 11.8 Å². The molecule has 1 aliphatic rings. The third kappa shape index (κ3) is 6.21. The molecule has 0 aliphatic carbocycles. The molecule has 0 spiro atoms. The van der Waals surface area contributed by atoms with Crippen LogP contribution in [-0.2, 0) is 16.1 Å². The minimum atomic E-state index is -0.365. The number of nitrogens with zero attached hydrogens (tertiary/aromatic N) is 1. The van der Waals surface area contributed by atoms with E-state index in [0.29, 0.717) is 24.7 Å². The molecule has 33 heavy (non-hydrogen) atoms. The molecular weight excluding hydrogens is 412 g/mol. The molecular formula is C28H32N2O3. The zero-order chi connectivity index (χ0) is 22.9. The smallest absolute Gasteiger partial charge is 0.246 e. The molecule has 4 rings (SSSR count). The molecule has 3 aromatic carbocycles. The second kappa shape index (κ2) is 11.6. The largest absolute Gasteiger partial charge is 0.492 e. The zero-order valence-electron chi connectivity index (χ0n) is 19.2. The molecule has 1 heterocycles. The number of carbonyl (C=O) groups is 1. The van der Waals surface area contributed by atoms with Gasteiger partial charge >= 0.3 is 0 Å².